The molecule has 1 aromatic carbocycles. The standard InChI is InChI=1S/C30H29ClF6N6O/c31-20-9-16(38)8-18(21(20)30(35,36)37)24-23(34)25-19(12-39-24)27(43-7-2-1-4-17-22(33)26(17)43)41-28(40-25)44-14-29-5-3-6-42(29)13-15(10-29)11-32/h8-9,11-12,17,22,26H,1-7,10,13-14,38H2/b15-11-/t17-,22-,26-,29+/m1/s1. The SMILES string of the molecule is Nc1cc(Cl)c(C(F)(F)F)c(-c2ncc3c(N4CCCC[C@@H]5[C@@H](F)[C@@H]54)nc(OC[C@@]45CCCN4C/C(=C\F)C5)nc3c2F)c1. The largest absolute Gasteiger partial charge is 0.461 e. The number of rotatable bonds is 5. The van der Waals surface area contributed by atoms with Crippen LogP contribution < -0.4 is 15.4 Å². The van der Waals surface area contributed by atoms with E-state index >= 15 is 4.39 Å². The summed E-state index contributed by atoms with van der Waals surface area (Å²) >= 11 is 5.94. The Morgan fingerprint density at radius 2 is 1.98 bits per heavy atom. The molecule has 3 aromatic rings. The van der Waals surface area contributed by atoms with Gasteiger partial charge in [-0.2, -0.15) is 23.1 Å². The molecule has 4 aliphatic rings. The number of benzene rings is 1. The Morgan fingerprint density at radius 3 is 2.75 bits per heavy atom. The molecule has 1 saturated carbocycles. The van der Waals surface area contributed by atoms with Gasteiger partial charge in [-0.15, -0.1) is 0 Å². The number of hydrogen-bond acceptors (Lipinski definition) is 7. The maximum atomic E-state index is 16.4. The van der Waals surface area contributed by atoms with E-state index in [0.29, 0.717) is 37.8 Å². The Hall–Kier alpha value is -3.32. The number of halogens is 7. The van der Waals surface area contributed by atoms with Crippen LogP contribution in [0.4, 0.5) is 37.8 Å². The minimum Gasteiger partial charge on any atom is -0.461 e. The van der Waals surface area contributed by atoms with Crippen molar-refractivity contribution in [3.8, 4) is 17.3 Å². The second-order valence-corrected chi connectivity index (χ2v) is 12.6. The van der Waals surface area contributed by atoms with E-state index < -0.39 is 51.6 Å². The maximum Gasteiger partial charge on any atom is 0.418 e. The van der Waals surface area contributed by atoms with Gasteiger partial charge >= 0.3 is 12.2 Å². The van der Waals surface area contributed by atoms with Gasteiger partial charge in [-0.3, -0.25) is 9.88 Å². The Labute approximate surface area is 254 Å². The van der Waals surface area contributed by atoms with Crippen LogP contribution in [0.3, 0.4) is 0 Å². The highest BCUT2D eigenvalue weighted by atomic mass is 35.5. The van der Waals surface area contributed by atoms with E-state index in [2.05, 4.69) is 19.9 Å². The molecule has 14 heteroatoms. The third-order valence-electron chi connectivity index (χ3n) is 9.46. The lowest BCUT2D eigenvalue weighted by Crippen LogP contribution is -2.43. The maximum absolute atomic E-state index is 16.4. The fourth-order valence-corrected chi connectivity index (χ4v) is 7.69. The van der Waals surface area contributed by atoms with Crippen molar-refractivity contribution < 1.29 is 31.1 Å². The molecule has 0 spiro atoms. The summed E-state index contributed by atoms with van der Waals surface area (Å²) in [6, 6.07) is 1.23. The fourth-order valence-electron chi connectivity index (χ4n) is 7.35. The molecule has 1 aliphatic carbocycles. The molecule has 4 atom stereocenters. The summed E-state index contributed by atoms with van der Waals surface area (Å²) < 4.78 is 93.1. The zero-order valence-electron chi connectivity index (χ0n) is 23.5. The Morgan fingerprint density at radius 1 is 1.16 bits per heavy atom. The van der Waals surface area contributed by atoms with Gasteiger partial charge in [-0.25, -0.2) is 13.2 Å². The van der Waals surface area contributed by atoms with Gasteiger partial charge in [0, 0.05) is 36.5 Å². The quantitative estimate of drug-likeness (QED) is 0.241. The van der Waals surface area contributed by atoms with Crippen molar-refractivity contribution in [3.63, 3.8) is 0 Å². The molecular formula is C30H29ClF6N6O. The van der Waals surface area contributed by atoms with Crippen molar-refractivity contribution in [1.82, 2.24) is 19.9 Å². The lowest BCUT2D eigenvalue weighted by molar-refractivity contribution is -0.137. The second kappa shape index (κ2) is 10.6. The summed E-state index contributed by atoms with van der Waals surface area (Å²) in [5.74, 6) is -1.13. The third-order valence-corrected chi connectivity index (χ3v) is 9.76. The molecule has 7 rings (SSSR count). The molecule has 44 heavy (non-hydrogen) atoms. The molecule has 0 unspecified atom stereocenters. The summed E-state index contributed by atoms with van der Waals surface area (Å²) in [6.45, 7) is 1.79. The second-order valence-electron chi connectivity index (χ2n) is 12.2. The molecule has 0 radical (unpaired) electrons. The minimum atomic E-state index is -4.93. The number of aromatic nitrogens is 3. The van der Waals surface area contributed by atoms with Crippen LogP contribution in [0.25, 0.3) is 22.2 Å². The predicted molar refractivity (Wildman–Crippen MR) is 153 cm³/mol. The summed E-state index contributed by atoms with van der Waals surface area (Å²) in [4.78, 5) is 16.9. The monoisotopic (exact) mass is 638 g/mol. The predicted octanol–water partition coefficient (Wildman–Crippen LogP) is 6.88. The van der Waals surface area contributed by atoms with Crippen molar-refractivity contribution in [2.45, 2.75) is 62.5 Å². The summed E-state index contributed by atoms with van der Waals surface area (Å²) in [5.41, 5.74) is 2.98. The van der Waals surface area contributed by atoms with Gasteiger partial charge in [-0.05, 0) is 56.4 Å². The lowest BCUT2D eigenvalue weighted by atomic mass is 9.94. The number of pyridine rings is 1. The van der Waals surface area contributed by atoms with Crippen molar-refractivity contribution >= 4 is 34.0 Å². The molecule has 0 bridgehead atoms. The van der Waals surface area contributed by atoms with Gasteiger partial charge in [0.15, 0.2) is 5.82 Å². The molecule has 234 valence electrons. The summed E-state index contributed by atoms with van der Waals surface area (Å²) in [7, 11) is 0. The van der Waals surface area contributed by atoms with Crippen LogP contribution in [-0.2, 0) is 6.18 Å². The third kappa shape index (κ3) is 4.83. The van der Waals surface area contributed by atoms with E-state index in [1.165, 1.54) is 6.20 Å². The normalized spacial score (nSPS) is 27.9. The fraction of sp³-hybridized carbons (Fsp3) is 0.500. The molecule has 3 saturated heterocycles. The van der Waals surface area contributed by atoms with E-state index in [-0.39, 0.29) is 40.9 Å². The van der Waals surface area contributed by atoms with E-state index in [1.54, 1.807) is 4.90 Å². The van der Waals surface area contributed by atoms with Crippen LogP contribution in [-0.4, -0.2) is 63.8 Å². The van der Waals surface area contributed by atoms with Gasteiger partial charge < -0.3 is 15.4 Å². The Bertz CT molecular complexity index is 1670. The zero-order chi connectivity index (χ0) is 31.0. The Balaban J connectivity index is 1.36. The van der Waals surface area contributed by atoms with Gasteiger partial charge in [-0.1, -0.05) is 18.0 Å². The number of nitrogen functional groups attached to an aromatic ring is 1. The number of ether oxygens (including phenoxy) is 1. The van der Waals surface area contributed by atoms with Crippen LogP contribution in [0.2, 0.25) is 5.02 Å². The molecule has 2 aromatic heterocycles. The van der Waals surface area contributed by atoms with Crippen molar-refractivity contribution in [2.24, 2.45) is 5.92 Å². The molecule has 3 aliphatic heterocycles. The Kier molecular flexibility index (Phi) is 7.11. The first kappa shape index (κ1) is 29.4. The van der Waals surface area contributed by atoms with E-state index in [9.17, 15) is 22.0 Å². The van der Waals surface area contributed by atoms with E-state index in [1.807, 2.05) is 0 Å². The molecule has 7 nitrogen and oxygen atoms in total. The van der Waals surface area contributed by atoms with Crippen LogP contribution >= 0.6 is 11.6 Å². The summed E-state index contributed by atoms with van der Waals surface area (Å²) in [6.07, 6.45) is 0.199. The van der Waals surface area contributed by atoms with Gasteiger partial charge in [0.25, 0.3) is 0 Å². The first-order chi connectivity index (χ1) is 21.0. The molecule has 4 fully saturated rings. The highest BCUT2D eigenvalue weighted by molar-refractivity contribution is 6.32. The van der Waals surface area contributed by atoms with Crippen molar-refractivity contribution in [1.29, 1.82) is 0 Å². The van der Waals surface area contributed by atoms with Crippen LogP contribution in [0.15, 0.2) is 30.2 Å². The van der Waals surface area contributed by atoms with Crippen molar-refractivity contribution in [2.75, 3.05) is 36.9 Å². The summed E-state index contributed by atoms with van der Waals surface area (Å²) in [5, 5.41) is -0.579. The van der Waals surface area contributed by atoms with E-state index in [4.69, 9.17) is 22.1 Å². The average molecular weight is 639 g/mol. The highest BCUT2D eigenvalue weighted by Crippen LogP contribution is 2.49. The number of hydrogen-bond donors (Lipinski definition) is 1. The number of anilines is 2. The minimum absolute atomic E-state index is 0.0929. The van der Waals surface area contributed by atoms with Crippen LogP contribution in [0.1, 0.15) is 44.1 Å². The topological polar surface area (TPSA) is 80.4 Å². The zero-order valence-corrected chi connectivity index (χ0v) is 24.2. The molecule has 5 heterocycles. The van der Waals surface area contributed by atoms with Gasteiger partial charge in [0.1, 0.15) is 29.8 Å². The molecule has 2 N–H and O–H groups in total. The number of nitrogens with zero attached hydrogens (tertiary/aromatic N) is 5. The highest BCUT2D eigenvalue weighted by Gasteiger charge is 2.55. The van der Waals surface area contributed by atoms with E-state index in [0.717, 1.165) is 44.4 Å². The van der Waals surface area contributed by atoms with Crippen molar-refractivity contribution in [3.05, 3.63) is 46.6 Å². The lowest BCUT2D eigenvalue weighted by Gasteiger charge is -2.31. The smallest absolute Gasteiger partial charge is 0.418 e. The molecular weight excluding hydrogens is 610 g/mol. The average Bonchev–Trinajstić information content (AvgIpc) is 3.32. The van der Waals surface area contributed by atoms with Crippen LogP contribution in [0.5, 0.6) is 6.01 Å². The molecule has 0 amide bonds. The van der Waals surface area contributed by atoms with Gasteiger partial charge in [0.05, 0.1) is 33.9 Å². The van der Waals surface area contributed by atoms with Gasteiger partial charge in [0.2, 0.25) is 0 Å². The van der Waals surface area contributed by atoms with Crippen LogP contribution in [0, 0.1) is 11.7 Å². The first-order valence-electron chi connectivity index (χ1n) is 14.6. The number of nitrogens with two attached hydrogens (primary N) is 1. The first-order valence-corrected chi connectivity index (χ1v) is 15.0. The number of fused-ring (bicyclic) bond motifs is 3. The number of alkyl halides is 4.